The fourth-order valence-electron chi connectivity index (χ4n) is 2.12. The third kappa shape index (κ3) is 5.62. The molecule has 1 aromatic heterocycles. The molecule has 2 aromatic rings. The van der Waals surface area contributed by atoms with Gasteiger partial charge in [-0.15, -0.1) is 0 Å². The lowest BCUT2D eigenvalue weighted by Crippen LogP contribution is -2.29. The van der Waals surface area contributed by atoms with Crippen molar-refractivity contribution in [1.29, 1.82) is 0 Å². The van der Waals surface area contributed by atoms with Gasteiger partial charge in [-0.2, -0.15) is 13.9 Å². The molecule has 0 fully saturated rings. The molecule has 130 valence electrons. The largest absolute Gasteiger partial charge is 0.435 e. The van der Waals surface area contributed by atoms with Crippen LogP contribution in [0.5, 0.6) is 5.75 Å². The lowest BCUT2D eigenvalue weighted by molar-refractivity contribution is -0.121. The SMILES string of the molecule is Cc1cnn(CCC(=O)NCC(O)c2cccc(OC(F)F)c2)c1. The van der Waals surface area contributed by atoms with Crippen LogP contribution in [0.25, 0.3) is 0 Å². The molecule has 0 saturated heterocycles. The summed E-state index contributed by atoms with van der Waals surface area (Å²) < 4.78 is 30.3. The average molecular weight is 339 g/mol. The number of halogens is 2. The Bertz CT molecular complexity index is 676. The zero-order valence-corrected chi connectivity index (χ0v) is 13.2. The maximum atomic E-state index is 12.2. The minimum atomic E-state index is -2.93. The van der Waals surface area contributed by atoms with Crippen LogP contribution < -0.4 is 10.1 Å². The monoisotopic (exact) mass is 339 g/mol. The van der Waals surface area contributed by atoms with Gasteiger partial charge >= 0.3 is 6.61 Å². The molecule has 1 atom stereocenters. The van der Waals surface area contributed by atoms with Crippen LogP contribution in [0.3, 0.4) is 0 Å². The fourth-order valence-corrected chi connectivity index (χ4v) is 2.12. The lowest BCUT2D eigenvalue weighted by atomic mass is 10.1. The highest BCUT2D eigenvalue weighted by molar-refractivity contribution is 5.75. The number of carbonyl (C=O) groups is 1. The van der Waals surface area contributed by atoms with Gasteiger partial charge in [0.05, 0.1) is 12.3 Å². The number of benzene rings is 1. The van der Waals surface area contributed by atoms with E-state index in [2.05, 4.69) is 15.2 Å². The second-order valence-electron chi connectivity index (χ2n) is 5.30. The minimum Gasteiger partial charge on any atom is -0.435 e. The number of hydrogen-bond donors (Lipinski definition) is 2. The number of aryl methyl sites for hydroxylation is 2. The quantitative estimate of drug-likeness (QED) is 0.772. The van der Waals surface area contributed by atoms with Crippen molar-refractivity contribution in [2.75, 3.05) is 6.54 Å². The first-order valence-corrected chi connectivity index (χ1v) is 7.42. The summed E-state index contributed by atoms with van der Waals surface area (Å²) in [5.74, 6) is -0.274. The first-order valence-electron chi connectivity index (χ1n) is 7.42. The maximum Gasteiger partial charge on any atom is 0.387 e. The molecule has 8 heteroatoms. The van der Waals surface area contributed by atoms with Crippen LogP contribution in [0.4, 0.5) is 8.78 Å². The van der Waals surface area contributed by atoms with Gasteiger partial charge in [0, 0.05) is 25.7 Å². The van der Waals surface area contributed by atoms with Crippen molar-refractivity contribution >= 4 is 5.91 Å². The molecular formula is C16H19F2N3O3. The molecular weight excluding hydrogens is 320 g/mol. The van der Waals surface area contributed by atoms with Crippen LogP contribution in [0.2, 0.25) is 0 Å². The Balaban J connectivity index is 1.79. The molecule has 24 heavy (non-hydrogen) atoms. The van der Waals surface area contributed by atoms with Gasteiger partial charge in [0.2, 0.25) is 5.91 Å². The zero-order valence-electron chi connectivity index (χ0n) is 13.2. The number of aliphatic hydroxyl groups excluding tert-OH is 1. The highest BCUT2D eigenvalue weighted by atomic mass is 19.3. The van der Waals surface area contributed by atoms with E-state index < -0.39 is 12.7 Å². The van der Waals surface area contributed by atoms with Gasteiger partial charge in [-0.25, -0.2) is 0 Å². The Kier molecular flexibility index (Phi) is 6.25. The number of aliphatic hydroxyl groups is 1. The predicted molar refractivity (Wildman–Crippen MR) is 82.6 cm³/mol. The van der Waals surface area contributed by atoms with Gasteiger partial charge in [0.1, 0.15) is 5.75 Å². The van der Waals surface area contributed by atoms with Gasteiger partial charge in [-0.1, -0.05) is 12.1 Å². The first kappa shape index (κ1) is 17.9. The van der Waals surface area contributed by atoms with Crippen LogP contribution in [-0.4, -0.2) is 34.0 Å². The topological polar surface area (TPSA) is 76.4 Å². The van der Waals surface area contributed by atoms with Crippen LogP contribution in [0.1, 0.15) is 23.7 Å². The third-order valence-electron chi connectivity index (χ3n) is 3.29. The van der Waals surface area contributed by atoms with Gasteiger partial charge in [-0.3, -0.25) is 9.48 Å². The van der Waals surface area contributed by atoms with Gasteiger partial charge in [0.25, 0.3) is 0 Å². The summed E-state index contributed by atoms with van der Waals surface area (Å²) >= 11 is 0. The number of carbonyl (C=O) groups excluding carboxylic acids is 1. The number of alkyl halides is 2. The number of aromatic nitrogens is 2. The molecule has 0 bridgehead atoms. The van der Waals surface area contributed by atoms with E-state index in [1.165, 1.54) is 18.2 Å². The molecule has 2 rings (SSSR count). The van der Waals surface area contributed by atoms with E-state index in [1.54, 1.807) is 16.9 Å². The summed E-state index contributed by atoms with van der Waals surface area (Å²) in [5.41, 5.74) is 1.40. The van der Waals surface area contributed by atoms with Crippen molar-refractivity contribution in [1.82, 2.24) is 15.1 Å². The number of nitrogens with zero attached hydrogens (tertiary/aromatic N) is 2. The van der Waals surface area contributed by atoms with E-state index in [1.807, 2.05) is 13.1 Å². The Morgan fingerprint density at radius 2 is 2.25 bits per heavy atom. The van der Waals surface area contributed by atoms with Crippen molar-refractivity contribution < 1.29 is 23.4 Å². The van der Waals surface area contributed by atoms with Crippen molar-refractivity contribution in [3.05, 3.63) is 47.8 Å². The Morgan fingerprint density at radius 1 is 1.46 bits per heavy atom. The summed E-state index contributed by atoms with van der Waals surface area (Å²) in [5, 5.41) is 16.7. The van der Waals surface area contributed by atoms with Gasteiger partial charge < -0.3 is 15.2 Å². The molecule has 0 aliphatic carbocycles. The van der Waals surface area contributed by atoms with E-state index in [0.717, 1.165) is 5.56 Å². The number of nitrogens with one attached hydrogen (secondary N) is 1. The molecule has 0 radical (unpaired) electrons. The van der Waals surface area contributed by atoms with E-state index >= 15 is 0 Å². The first-order chi connectivity index (χ1) is 11.4. The van der Waals surface area contributed by atoms with Crippen LogP contribution in [-0.2, 0) is 11.3 Å². The normalized spacial score (nSPS) is 12.2. The highest BCUT2D eigenvalue weighted by Gasteiger charge is 2.12. The zero-order chi connectivity index (χ0) is 17.5. The molecule has 6 nitrogen and oxygen atoms in total. The maximum absolute atomic E-state index is 12.2. The Labute approximate surface area is 138 Å². The van der Waals surface area contributed by atoms with Crippen molar-refractivity contribution in [2.45, 2.75) is 32.6 Å². The van der Waals surface area contributed by atoms with Crippen molar-refractivity contribution in [2.24, 2.45) is 0 Å². The molecule has 2 N–H and O–H groups in total. The van der Waals surface area contributed by atoms with E-state index in [0.29, 0.717) is 12.1 Å². The van der Waals surface area contributed by atoms with Crippen LogP contribution in [0, 0.1) is 6.92 Å². The van der Waals surface area contributed by atoms with Gasteiger partial charge in [-0.05, 0) is 30.2 Å². The summed E-state index contributed by atoms with van der Waals surface area (Å²) in [6, 6.07) is 5.75. The second-order valence-corrected chi connectivity index (χ2v) is 5.30. The van der Waals surface area contributed by atoms with Crippen molar-refractivity contribution in [3.63, 3.8) is 0 Å². The number of ether oxygens (including phenoxy) is 1. The molecule has 0 aliphatic heterocycles. The van der Waals surface area contributed by atoms with E-state index in [9.17, 15) is 18.7 Å². The molecule has 0 aliphatic rings. The minimum absolute atomic E-state index is 0.0187. The average Bonchev–Trinajstić information content (AvgIpc) is 2.95. The second kappa shape index (κ2) is 8.39. The van der Waals surface area contributed by atoms with Crippen LogP contribution >= 0.6 is 0 Å². The number of rotatable bonds is 8. The third-order valence-corrected chi connectivity index (χ3v) is 3.29. The Morgan fingerprint density at radius 3 is 2.92 bits per heavy atom. The molecule has 1 heterocycles. The van der Waals surface area contributed by atoms with E-state index in [-0.39, 0.29) is 24.6 Å². The van der Waals surface area contributed by atoms with E-state index in [4.69, 9.17) is 0 Å². The predicted octanol–water partition coefficient (Wildman–Crippen LogP) is 2.03. The molecule has 1 amide bonds. The number of hydrogen-bond acceptors (Lipinski definition) is 4. The summed E-state index contributed by atoms with van der Waals surface area (Å²) in [7, 11) is 0. The Hall–Kier alpha value is -2.48. The summed E-state index contributed by atoms with van der Waals surface area (Å²) in [4.78, 5) is 11.8. The molecule has 0 saturated carbocycles. The smallest absolute Gasteiger partial charge is 0.387 e. The molecule has 0 spiro atoms. The highest BCUT2D eigenvalue weighted by Crippen LogP contribution is 2.20. The summed E-state index contributed by atoms with van der Waals surface area (Å²) in [6.45, 7) is -0.600. The lowest BCUT2D eigenvalue weighted by Gasteiger charge is -2.13. The van der Waals surface area contributed by atoms with Crippen molar-refractivity contribution in [3.8, 4) is 5.75 Å². The molecule has 1 aromatic carbocycles. The molecule has 1 unspecified atom stereocenters. The number of amides is 1. The van der Waals surface area contributed by atoms with Crippen LogP contribution in [0.15, 0.2) is 36.7 Å². The fraction of sp³-hybridized carbons (Fsp3) is 0.375. The van der Waals surface area contributed by atoms with Gasteiger partial charge in [0.15, 0.2) is 0 Å². The summed E-state index contributed by atoms with van der Waals surface area (Å²) in [6.07, 6.45) is 2.75. The standard InChI is InChI=1S/C16H19F2N3O3/c1-11-8-20-21(10-11)6-5-15(23)19-9-14(22)12-3-2-4-13(7-12)24-16(17)18/h2-4,7-8,10,14,16,22H,5-6,9H2,1H3,(H,19,23).